The van der Waals surface area contributed by atoms with Crippen LogP contribution in [0.3, 0.4) is 0 Å². The third-order valence-corrected chi connectivity index (χ3v) is 8.56. The van der Waals surface area contributed by atoms with Crippen LogP contribution >= 0.6 is 0 Å². The van der Waals surface area contributed by atoms with E-state index in [1.54, 1.807) is 0 Å². The molecular formula is C27H50O5. The van der Waals surface area contributed by atoms with Gasteiger partial charge in [0.25, 0.3) is 0 Å². The van der Waals surface area contributed by atoms with Crippen LogP contribution in [0.25, 0.3) is 0 Å². The highest BCUT2D eigenvalue weighted by atomic mass is 16.7. The van der Waals surface area contributed by atoms with E-state index in [1.807, 2.05) is 0 Å². The maximum atomic E-state index is 9.20. The number of aliphatic hydroxyl groups excluding tert-OH is 1. The van der Waals surface area contributed by atoms with Crippen LogP contribution in [0.5, 0.6) is 0 Å². The lowest BCUT2D eigenvalue weighted by atomic mass is 9.65. The minimum atomic E-state index is -1.30. The summed E-state index contributed by atoms with van der Waals surface area (Å²) in [6, 6.07) is 0. The van der Waals surface area contributed by atoms with Crippen molar-refractivity contribution in [2.24, 2.45) is 29.6 Å². The molecule has 0 aromatic rings. The molecule has 1 saturated carbocycles. The molecular weight excluding hydrogens is 404 g/mol. The van der Waals surface area contributed by atoms with Crippen molar-refractivity contribution in [1.82, 2.24) is 0 Å². The highest BCUT2D eigenvalue weighted by molar-refractivity contribution is 5.02. The highest BCUT2D eigenvalue weighted by Gasteiger charge is 2.56. The molecule has 9 atom stereocenters. The summed E-state index contributed by atoms with van der Waals surface area (Å²) in [4.78, 5) is 0. The summed E-state index contributed by atoms with van der Waals surface area (Å²) in [5.74, 6) is 2.83. The molecule has 8 unspecified atom stereocenters. The van der Waals surface area contributed by atoms with E-state index in [2.05, 4.69) is 41.5 Å². The Bertz CT molecular complexity index is 566. The molecule has 3 aliphatic rings. The van der Waals surface area contributed by atoms with Crippen molar-refractivity contribution in [2.45, 2.75) is 142 Å². The molecule has 32 heavy (non-hydrogen) atoms. The van der Waals surface area contributed by atoms with Gasteiger partial charge in [0.05, 0.1) is 23.9 Å². The number of rotatable bonds is 11. The van der Waals surface area contributed by atoms with E-state index in [0.717, 1.165) is 24.7 Å². The zero-order chi connectivity index (χ0) is 23.5. The van der Waals surface area contributed by atoms with Gasteiger partial charge >= 0.3 is 0 Å². The van der Waals surface area contributed by atoms with Gasteiger partial charge in [-0.3, -0.25) is 0 Å². The fourth-order valence-corrected chi connectivity index (χ4v) is 6.43. The molecule has 0 aromatic heterocycles. The Morgan fingerprint density at radius 3 is 2.19 bits per heavy atom. The predicted octanol–water partition coefficient (Wildman–Crippen LogP) is 5.66. The Morgan fingerprint density at radius 2 is 1.53 bits per heavy atom. The van der Waals surface area contributed by atoms with Gasteiger partial charge in [-0.2, -0.15) is 0 Å². The maximum absolute atomic E-state index is 9.20. The fraction of sp³-hybridized carbons (Fsp3) is 1.00. The van der Waals surface area contributed by atoms with E-state index in [0.29, 0.717) is 24.2 Å². The zero-order valence-electron chi connectivity index (χ0n) is 21.5. The molecule has 0 amide bonds. The molecule has 2 N–H and O–H groups in total. The van der Waals surface area contributed by atoms with Gasteiger partial charge in [-0.25, -0.2) is 0 Å². The Balaban J connectivity index is 1.50. The van der Waals surface area contributed by atoms with Crippen molar-refractivity contribution in [3.05, 3.63) is 0 Å². The first-order valence-corrected chi connectivity index (χ1v) is 13.4. The molecule has 2 heterocycles. The molecule has 3 rings (SSSR count). The van der Waals surface area contributed by atoms with Crippen molar-refractivity contribution in [1.29, 1.82) is 0 Å². The van der Waals surface area contributed by atoms with Gasteiger partial charge in [0, 0.05) is 18.8 Å². The van der Waals surface area contributed by atoms with Crippen molar-refractivity contribution >= 4 is 0 Å². The normalized spacial score (nSPS) is 40.5. The Labute approximate surface area is 196 Å². The van der Waals surface area contributed by atoms with Crippen LogP contribution in [0.15, 0.2) is 0 Å². The second kappa shape index (κ2) is 11.5. The summed E-state index contributed by atoms with van der Waals surface area (Å²) >= 11 is 0. The molecule has 188 valence electrons. The lowest BCUT2D eigenvalue weighted by molar-refractivity contribution is -0.213. The van der Waals surface area contributed by atoms with Crippen LogP contribution < -0.4 is 0 Å². The molecule has 5 heteroatoms. The molecule has 0 aromatic carbocycles. The maximum Gasteiger partial charge on any atom is 0.158 e. The van der Waals surface area contributed by atoms with E-state index < -0.39 is 6.29 Å². The van der Waals surface area contributed by atoms with Gasteiger partial charge in [0.1, 0.15) is 0 Å². The van der Waals surface area contributed by atoms with E-state index in [9.17, 15) is 10.2 Å². The lowest BCUT2D eigenvalue weighted by Crippen LogP contribution is -2.58. The van der Waals surface area contributed by atoms with Crippen molar-refractivity contribution < 1.29 is 24.4 Å². The van der Waals surface area contributed by atoms with Gasteiger partial charge in [0.15, 0.2) is 12.6 Å². The number of hydrogen-bond donors (Lipinski definition) is 2. The van der Waals surface area contributed by atoms with Crippen molar-refractivity contribution in [3.63, 3.8) is 0 Å². The molecule has 5 nitrogen and oxygen atoms in total. The van der Waals surface area contributed by atoms with Crippen LogP contribution in [0.2, 0.25) is 0 Å². The molecule has 2 saturated heterocycles. The van der Waals surface area contributed by atoms with Crippen molar-refractivity contribution in [2.75, 3.05) is 0 Å². The fourth-order valence-electron chi connectivity index (χ4n) is 6.43. The number of ether oxygens (including phenoxy) is 3. The first kappa shape index (κ1) is 26.4. The van der Waals surface area contributed by atoms with Crippen molar-refractivity contribution in [3.8, 4) is 0 Å². The average Bonchev–Trinajstić information content (AvgIpc) is 3.15. The molecule has 0 bridgehead atoms. The minimum Gasteiger partial charge on any atom is -0.371 e. The zero-order valence-corrected chi connectivity index (χ0v) is 21.5. The lowest BCUT2D eigenvalue weighted by Gasteiger charge is -2.53. The third-order valence-electron chi connectivity index (χ3n) is 8.56. The summed E-state index contributed by atoms with van der Waals surface area (Å²) in [6.07, 6.45) is 9.60. The average molecular weight is 455 g/mol. The van der Waals surface area contributed by atoms with Crippen LogP contribution in [0.1, 0.15) is 106 Å². The Hall–Kier alpha value is -0.200. The Kier molecular flexibility index (Phi) is 9.48. The van der Waals surface area contributed by atoms with Crippen LogP contribution in [-0.4, -0.2) is 46.7 Å². The summed E-state index contributed by atoms with van der Waals surface area (Å²) in [6.45, 7) is 13.9. The van der Waals surface area contributed by atoms with Gasteiger partial charge in [-0.05, 0) is 49.9 Å². The first-order chi connectivity index (χ1) is 15.1. The SMILES string of the molecule is CC(C)CCCC(C)CCC[C@]1(C)CCC2C(C)C3OC(CCC(O)O)OC3C(C)C2O1. The van der Waals surface area contributed by atoms with E-state index in [1.165, 1.54) is 38.5 Å². The van der Waals surface area contributed by atoms with E-state index in [-0.39, 0.29) is 36.6 Å². The van der Waals surface area contributed by atoms with Crippen LogP contribution in [0, 0.1) is 29.6 Å². The van der Waals surface area contributed by atoms with Gasteiger partial charge in [-0.15, -0.1) is 0 Å². The highest BCUT2D eigenvalue weighted by Crippen LogP contribution is 2.50. The predicted molar refractivity (Wildman–Crippen MR) is 127 cm³/mol. The van der Waals surface area contributed by atoms with Crippen LogP contribution in [0.4, 0.5) is 0 Å². The van der Waals surface area contributed by atoms with Crippen LogP contribution in [-0.2, 0) is 14.2 Å². The standard InChI is InChI=1S/C27H50O5/c1-17(2)9-7-10-18(3)11-8-15-27(6)16-14-21-19(4)25-26(20(5)24(21)32-27)31-23(30-25)13-12-22(28)29/h17-26,28-29H,7-16H2,1-6H3/t18?,19?,20?,21?,23?,24?,25?,26?,27-/m1/s1. The summed E-state index contributed by atoms with van der Waals surface area (Å²) in [5.41, 5.74) is -0.0283. The second-order valence-electron chi connectivity index (χ2n) is 12.0. The minimum absolute atomic E-state index is 0.0283. The monoisotopic (exact) mass is 454 g/mol. The number of fused-ring (bicyclic) bond motifs is 2. The topological polar surface area (TPSA) is 68.2 Å². The molecule has 3 fully saturated rings. The van der Waals surface area contributed by atoms with Gasteiger partial charge < -0.3 is 24.4 Å². The quantitative estimate of drug-likeness (QED) is 0.394. The summed E-state index contributed by atoms with van der Waals surface area (Å²) in [5, 5.41) is 18.4. The molecule has 0 radical (unpaired) electrons. The van der Waals surface area contributed by atoms with Gasteiger partial charge in [-0.1, -0.05) is 66.7 Å². The smallest absolute Gasteiger partial charge is 0.158 e. The molecule has 1 aliphatic carbocycles. The third kappa shape index (κ3) is 6.69. The molecule has 2 aliphatic heterocycles. The summed E-state index contributed by atoms with van der Waals surface area (Å²) in [7, 11) is 0. The number of aliphatic hydroxyl groups is 2. The van der Waals surface area contributed by atoms with E-state index >= 15 is 0 Å². The van der Waals surface area contributed by atoms with E-state index in [4.69, 9.17) is 14.2 Å². The summed E-state index contributed by atoms with van der Waals surface area (Å²) < 4.78 is 19.4. The first-order valence-electron chi connectivity index (χ1n) is 13.4. The Morgan fingerprint density at radius 1 is 0.875 bits per heavy atom. The molecule has 0 spiro atoms. The number of hydrogen-bond acceptors (Lipinski definition) is 5. The second-order valence-corrected chi connectivity index (χ2v) is 12.0. The largest absolute Gasteiger partial charge is 0.371 e. The van der Waals surface area contributed by atoms with Gasteiger partial charge in [0.2, 0.25) is 0 Å².